The number of hydrogen-bond acceptors (Lipinski definition) is 4. The Labute approximate surface area is 273 Å². The summed E-state index contributed by atoms with van der Waals surface area (Å²) in [7, 11) is -4.17. The molecule has 2 amide bonds. The lowest BCUT2D eigenvalue weighted by atomic mass is 10.0. The Balaban J connectivity index is 1.79. The van der Waals surface area contributed by atoms with Gasteiger partial charge >= 0.3 is 0 Å². The third kappa shape index (κ3) is 8.71. The number of anilines is 1. The zero-order valence-electron chi connectivity index (χ0n) is 24.6. The van der Waals surface area contributed by atoms with E-state index in [4.69, 9.17) is 11.6 Å². The van der Waals surface area contributed by atoms with Gasteiger partial charge in [0.2, 0.25) is 11.8 Å². The van der Waals surface area contributed by atoms with Gasteiger partial charge in [-0.1, -0.05) is 95.1 Å². The maximum atomic E-state index is 14.4. The zero-order chi connectivity index (χ0) is 31.7. The summed E-state index contributed by atoms with van der Waals surface area (Å²) in [5, 5.41) is 3.47. The number of carbonyl (C=O) groups excluding carboxylic acids is 2. The van der Waals surface area contributed by atoms with Crippen LogP contribution in [0.15, 0.2) is 119 Å². The smallest absolute Gasteiger partial charge is 0.264 e. The molecule has 0 fully saturated rings. The minimum Gasteiger partial charge on any atom is -0.352 e. The van der Waals surface area contributed by atoms with Crippen LogP contribution in [0, 0.1) is 0 Å². The van der Waals surface area contributed by atoms with Crippen molar-refractivity contribution in [2.75, 3.05) is 10.8 Å². The molecule has 2 atom stereocenters. The Morgan fingerprint density at radius 2 is 1.43 bits per heavy atom. The number of rotatable bonds is 13. The second kappa shape index (κ2) is 15.4. The number of carbonyl (C=O) groups is 2. The first-order valence-corrected chi connectivity index (χ1v) is 16.9. The Hall–Kier alpha value is -3.66. The fourth-order valence-electron chi connectivity index (χ4n) is 4.64. The average Bonchev–Trinajstić information content (AvgIpc) is 3.03. The second-order valence-corrected chi connectivity index (χ2v) is 13.7. The average molecular weight is 697 g/mol. The fraction of sp³-hybridized carbons (Fsp3) is 0.235. The molecule has 1 N–H and O–H groups in total. The van der Waals surface area contributed by atoms with Crippen molar-refractivity contribution in [3.05, 3.63) is 130 Å². The summed E-state index contributed by atoms with van der Waals surface area (Å²) in [4.78, 5) is 29.8. The molecule has 44 heavy (non-hydrogen) atoms. The van der Waals surface area contributed by atoms with Gasteiger partial charge in [-0.25, -0.2) is 8.42 Å². The van der Waals surface area contributed by atoms with Crippen LogP contribution in [0.3, 0.4) is 0 Å². The van der Waals surface area contributed by atoms with Gasteiger partial charge in [-0.3, -0.25) is 13.9 Å². The molecule has 0 unspecified atom stereocenters. The minimum atomic E-state index is -4.17. The van der Waals surface area contributed by atoms with Gasteiger partial charge in [0.25, 0.3) is 10.0 Å². The number of hydrogen-bond donors (Lipinski definition) is 1. The number of nitrogens with one attached hydrogen (secondary N) is 1. The number of nitrogens with zero attached hydrogens (tertiary/aromatic N) is 2. The third-order valence-corrected chi connectivity index (χ3v) is 9.83. The molecule has 0 aliphatic carbocycles. The van der Waals surface area contributed by atoms with Crippen LogP contribution in [0.25, 0.3) is 0 Å². The van der Waals surface area contributed by atoms with E-state index in [1.807, 2.05) is 68.4 Å². The minimum absolute atomic E-state index is 0.0394. The summed E-state index contributed by atoms with van der Waals surface area (Å²) in [6, 6.07) is 30.1. The Bertz CT molecular complexity index is 1640. The summed E-state index contributed by atoms with van der Waals surface area (Å²) in [5.74, 6) is -0.833. The van der Waals surface area contributed by atoms with Crippen LogP contribution in [0.1, 0.15) is 31.4 Å². The lowest BCUT2D eigenvalue weighted by Gasteiger charge is -2.34. The van der Waals surface area contributed by atoms with Crippen molar-refractivity contribution < 1.29 is 18.0 Å². The number of halogens is 2. The molecule has 0 aromatic heterocycles. The van der Waals surface area contributed by atoms with Crippen LogP contribution in [0.5, 0.6) is 0 Å². The highest BCUT2D eigenvalue weighted by Gasteiger charge is 2.35. The lowest BCUT2D eigenvalue weighted by Crippen LogP contribution is -2.54. The van der Waals surface area contributed by atoms with Gasteiger partial charge in [-0.05, 0) is 73.0 Å². The van der Waals surface area contributed by atoms with E-state index in [2.05, 4.69) is 21.2 Å². The maximum absolute atomic E-state index is 14.4. The summed E-state index contributed by atoms with van der Waals surface area (Å²) in [6.07, 6.45) is 0.960. The molecule has 0 saturated carbocycles. The van der Waals surface area contributed by atoms with Crippen LogP contribution >= 0.6 is 27.5 Å². The van der Waals surface area contributed by atoms with Crippen LogP contribution in [0.2, 0.25) is 5.02 Å². The predicted molar refractivity (Wildman–Crippen MR) is 179 cm³/mol. The van der Waals surface area contributed by atoms with Gasteiger partial charge in [-0.2, -0.15) is 0 Å². The third-order valence-electron chi connectivity index (χ3n) is 7.26. The van der Waals surface area contributed by atoms with E-state index in [1.54, 1.807) is 42.5 Å². The molecule has 0 aliphatic rings. The van der Waals surface area contributed by atoms with Crippen molar-refractivity contribution in [2.24, 2.45) is 0 Å². The molecule has 0 spiro atoms. The summed E-state index contributed by atoms with van der Waals surface area (Å²) in [5.41, 5.74) is 1.94. The first kappa shape index (κ1) is 33.2. The molecular weight excluding hydrogens is 662 g/mol. The van der Waals surface area contributed by atoms with Gasteiger partial charge in [0.05, 0.1) is 10.6 Å². The van der Waals surface area contributed by atoms with Crippen LogP contribution in [0.4, 0.5) is 5.69 Å². The predicted octanol–water partition coefficient (Wildman–Crippen LogP) is 6.85. The van der Waals surface area contributed by atoms with Crippen molar-refractivity contribution in [2.45, 2.75) is 50.2 Å². The molecule has 10 heteroatoms. The van der Waals surface area contributed by atoms with Crippen molar-refractivity contribution in [1.82, 2.24) is 10.2 Å². The topological polar surface area (TPSA) is 86.8 Å². The van der Waals surface area contributed by atoms with E-state index >= 15 is 0 Å². The highest BCUT2D eigenvalue weighted by molar-refractivity contribution is 9.10. The highest BCUT2D eigenvalue weighted by atomic mass is 79.9. The molecule has 0 heterocycles. The number of sulfonamides is 1. The van der Waals surface area contributed by atoms with Gasteiger partial charge in [0.15, 0.2) is 0 Å². The molecule has 0 saturated heterocycles. The van der Waals surface area contributed by atoms with Crippen molar-refractivity contribution >= 4 is 55.1 Å². The van der Waals surface area contributed by atoms with E-state index < -0.39 is 28.5 Å². The second-order valence-electron chi connectivity index (χ2n) is 10.5. The summed E-state index contributed by atoms with van der Waals surface area (Å²) in [6.45, 7) is 3.45. The Morgan fingerprint density at radius 1 is 0.841 bits per heavy atom. The van der Waals surface area contributed by atoms with Gasteiger partial charge in [0.1, 0.15) is 12.6 Å². The first-order valence-electron chi connectivity index (χ1n) is 14.3. The molecular formula is C34H35BrClN3O4S. The quantitative estimate of drug-likeness (QED) is 0.166. The first-order chi connectivity index (χ1) is 21.1. The molecule has 7 nitrogen and oxygen atoms in total. The number of benzene rings is 4. The van der Waals surface area contributed by atoms with Gasteiger partial charge in [0, 0.05) is 28.5 Å². The highest BCUT2D eigenvalue weighted by Crippen LogP contribution is 2.26. The number of amides is 2. The van der Waals surface area contributed by atoms with E-state index in [0.717, 1.165) is 19.9 Å². The Kier molecular flexibility index (Phi) is 11.6. The van der Waals surface area contributed by atoms with Crippen LogP contribution < -0.4 is 9.62 Å². The van der Waals surface area contributed by atoms with Gasteiger partial charge < -0.3 is 10.2 Å². The molecule has 230 valence electrons. The van der Waals surface area contributed by atoms with Crippen molar-refractivity contribution in [3.63, 3.8) is 0 Å². The molecule has 4 rings (SSSR count). The summed E-state index contributed by atoms with van der Waals surface area (Å²) < 4.78 is 29.9. The van der Waals surface area contributed by atoms with Crippen LogP contribution in [-0.4, -0.2) is 43.8 Å². The largest absolute Gasteiger partial charge is 0.352 e. The van der Waals surface area contributed by atoms with E-state index in [1.165, 1.54) is 17.0 Å². The lowest BCUT2D eigenvalue weighted by molar-refractivity contribution is -0.140. The monoisotopic (exact) mass is 695 g/mol. The molecule has 0 radical (unpaired) electrons. The standard InChI is InChI=1S/C34H35BrClN3O4S/c1-3-25(2)37-34(41)32(22-26-10-6-4-7-11-26)38(23-27-14-16-28(35)17-15-27)33(40)24-39(30-20-18-29(36)19-21-30)44(42,43)31-12-8-5-9-13-31/h4-21,25,32H,3,22-24H2,1-2H3,(H,37,41)/t25-,32+/m1/s1. The van der Waals surface area contributed by atoms with Crippen molar-refractivity contribution in [1.29, 1.82) is 0 Å². The maximum Gasteiger partial charge on any atom is 0.264 e. The van der Waals surface area contributed by atoms with E-state index in [0.29, 0.717) is 11.4 Å². The zero-order valence-corrected chi connectivity index (χ0v) is 27.7. The fourth-order valence-corrected chi connectivity index (χ4v) is 6.46. The molecule has 4 aromatic rings. The van der Waals surface area contributed by atoms with Gasteiger partial charge in [-0.15, -0.1) is 0 Å². The Morgan fingerprint density at radius 3 is 2.02 bits per heavy atom. The van der Waals surface area contributed by atoms with E-state index in [-0.39, 0.29) is 35.5 Å². The molecule has 4 aromatic carbocycles. The molecule has 0 aliphatic heterocycles. The van der Waals surface area contributed by atoms with Crippen LogP contribution in [-0.2, 0) is 32.6 Å². The molecule has 0 bridgehead atoms. The normalized spacial score (nSPS) is 12.6. The summed E-state index contributed by atoms with van der Waals surface area (Å²) >= 11 is 9.57. The van der Waals surface area contributed by atoms with Crippen molar-refractivity contribution in [3.8, 4) is 0 Å². The van der Waals surface area contributed by atoms with E-state index in [9.17, 15) is 18.0 Å². The SMILES string of the molecule is CC[C@@H](C)NC(=O)[C@H](Cc1ccccc1)N(Cc1ccc(Br)cc1)C(=O)CN(c1ccc(Cl)cc1)S(=O)(=O)c1ccccc1.